The largest absolute Gasteiger partial charge is 0.352 e. The normalized spacial score (nSPS) is 18.4. The fourth-order valence-corrected chi connectivity index (χ4v) is 4.49. The summed E-state index contributed by atoms with van der Waals surface area (Å²) in [7, 11) is -1.36. The number of imidazole rings is 1. The fourth-order valence-electron chi connectivity index (χ4n) is 3.12. The second-order valence-corrected chi connectivity index (χ2v) is 10.0. The van der Waals surface area contributed by atoms with E-state index in [-0.39, 0.29) is 29.7 Å². The van der Waals surface area contributed by atoms with Gasteiger partial charge in [0.2, 0.25) is 0 Å². The van der Waals surface area contributed by atoms with E-state index in [1.807, 2.05) is 40.9 Å². The SMILES string of the molecule is CN=C(NCc1ccc(-n2ccnc2C)nc1)N1CCS(=O)(=O)C(C)(C)C1.I. The molecule has 1 saturated heterocycles. The number of nitrogens with one attached hydrogen (secondary N) is 1. The van der Waals surface area contributed by atoms with E-state index in [1.54, 1.807) is 27.1 Å². The molecule has 0 saturated carbocycles. The van der Waals surface area contributed by atoms with Gasteiger partial charge in [-0.1, -0.05) is 6.07 Å². The molecule has 0 unspecified atom stereocenters. The van der Waals surface area contributed by atoms with Gasteiger partial charge in [-0.25, -0.2) is 18.4 Å². The fraction of sp³-hybridized carbons (Fsp3) is 0.500. The van der Waals surface area contributed by atoms with Gasteiger partial charge in [0.15, 0.2) is 15.8 Å². The molecule has 0 radical (unpaired) electrons. The zero-order valence-corrected chi connectivity index (χ0v) is 19.7. The third kappa shape index (κ3) is 4.65. The summed E-state index contributed by atoms with van der Waals surface area (Å²) in [4.78, 5) is 15.0. The van der Waals surface area contributed by atoms with E-state index in [9.17, 15) is 8.42 Å². The molecule has 1 N–H and O–H groups in total. The second-order valence-electron chi connectivity index (χ2n) is 7.27. The van der Waals surface area contributed by atoms with Crippen LogP contribution in [0.1, 0.15) is 25.2 Å². The van der Waals surface area contributed by atoms with E-state index in [4.69, 9.17) is 0 Å². The van der Waals surface area contributed by atoms with Crippen LogP contribution in [0.2, 0.25) is 0 Å². The molecule has 0 aromatic carbocycles. The van der Waals surface area contributed by atoms with Gasteiger partial charge in [-0.2, -0.15) is 0 Å². The summed E-state index contributed by atoms with van der Waals surface area (Å²) in [6.45, 7) is 6.90. The molecule has 0 bridgehead atoms. The monoisotopic (exact) mass is 518 g/mol. The lowest BCUT2D eigenvalue weighted by molar-refractivity contribution is 0.353. The van der Waals surface area contributed by atoms with Crippen LogP contribution in [0.15, 0.2) is 35.7 Å². The zero-order chi connectivity index (χ0) is 19.7. The highest BCUT2D eigenvalue weighted by Gasteiger charge is 2.40. The molecule has 1 aliphatic heterocycles. The van der Waals surface area contributed by atoms with Crippen molar-refractivity contribution in [1.29, 1.82) is 0 Å². The molecule has 10 heteroatoms. The predicted molar refractivity (Wildman–Crippen MR) is 121 cm³/mol. The zero-order valence-electron chi connectivity index (χ0n) is 16.6. The minimum Gasteiger partial charge on any atom is -0.352 e. The molecular formula is C18H27IN6O2S. The highest BCUT2D eigenvalue weighted by Crippen LogP contribution is 2.23. The molecule has 0 aliphatic carbocycles. The van der Waals surface area contributed by atoms with E-state index in [0.29, 0.717) is 25.6 Å². The third-order valence-electron chi connectivity index (χ3n) is 4.89. The number of guanidine groups is 1. The summed E-state index contributed by atoms with van der Waals surface area (Å²) < 4.78 is 25.5. The van der Waals surface area contributed by atoms with Crippen LogP contribution in [0.25, 0.3) is 5.82 Å². The van der Waals surface area contributed by atoms with Crippen molar-refractivity contribution in [3.05, 3.63) is 42.1 Å². The first-order valence-electron chi connectivity index (χ1n) is 8.87. The van der Waals surface area contributed by atoms with Gasteiger partial charge < -0.3 is 10.2 Å². The van der Waals surface area contributed by atoms with Gasteiger partial charge in [0.25, 0.3) is 0 Å². The van der Waals surface area contributed by atoms with Crippen LogP contribution in [0, 0.1) is 6.92 Å². The lowest BCUT2D eigenvalue weighted by atomic mass is 10.2. The molecule has 28 heavy (non-hydrogen) atoms. The number of pyridine rings is 1. The number of halogens is 1. The standard InChI is InChI=1S/C18H26N6O2S.HI/c1-14-20-7-8-24(14)16-6-5-15(11-21-16)12-22-17(19-4)23-9-10-27(25,26)18(2,3)13-23;/h5-8,11H,9-10,12-13H2,1-4H3,(H,19,22);1H. The average molecular weight is 518 g/mol. The van der Waals surface area contributed by atoms with E-state index in [2.05, 4.69) is 20.3 Å². The smallest absolute Gasteiger partial charge is 0.193 e. The number of hydrogen-bond acceptors (Lipinski definition) is 5. The van der Waals surface area contributed by atoms with Crippen molar-refractivity contribution in [3.63, 3.8) is 0 Å². The Bertz CT molecular complexity index is 937. The van der Waals surface area contributed by atoms with Gasteiger partial charge in [0, 0.05) is 45.3 Å². The van der Waals surface area contributed by atoms with Crippen molar-refractivity contribution in [2.24, 2.45) is 4.99 Å². The van der Waals surface area contributed by atoms with Gasteiger partial charge in [0.05, 0.1) is 10.5 Å². The molecule has 2 aromatic rings. The topological polar surface area (TPSA) is 92.5 Å². The Hall–Kier alpha value is -1.69. The quantitative estimate of drug-likeness (QED) is 0.379. The van der Waals surface area contributed by atoms with Crippen LogP contribution in [0.4, 0.5) is 0 Å². The van der Waals surface area contributed by atoms with Crippen molar-refractivity contribution in [2.45, 2.75) is 32.1 Å². The van der Waals surface area contributed by atoms with E-state index >= 15 is 0 Å². The van der Waals surface area contributed by atoms with Crippen molar-refractivity contribution in [1.82, 2.24) is 24.8 Å². The van der Waals surface area contributed by atoms with Crippen LogP contribution in [-0.2, 0) is 16.4 Å². The Morgan fingerprint density at radius 2 is 2.07 bits per heavy atom. The van der Waals surface area contributed by atoms with Crippen molar-refractivity contribution < 1.29 is 8.42 Å². The van der Waals surface area contributed by atoms with Crippen molar-refractivity contribution >= 4 is 39.8 Å². The van der Waals surface area contributed by atoms with Crippen LogP contribution in [0.5, 0.6) is 0 Å². The van der Waals surface area contributed by atoms with Gasteiger partial charge >= 0.3 is 0 Å². The number of aromatic nitrogens is 3. The molecule has 154 valence electrons. The number of aliphatic imine (C=N–C) groups is 1. The predicted octanol–water partition coefficient (Wildman–Crippen LogP) is 1.78. The first-order valence-corrected chi connectivity index (χ1v) is 10.5. The van der Waals surface area contributed by atoms with Crippen molar-refractivity contribution in [3.8, 4) is 5.82 Å². The maximum absolute atomic E-state index is 12.2. The van der Waals surface area contributed by atoms with Gasteiger partial charge in [-0.05, 0) is 32.4 Å². The number of aryl methyl sites for hydroxylation is 1. The molecule has 0 spiro atoms. The molecule has 0 amide bonds. The first-order chi connectivity index (χ1) is 12.7. The van der Waals surface area contributed by atoms with E-state index in [0.717, 1.165) is 17.2 Å². The van der Waals surface area contributed by atoms with Crippen LogP contribution in [-0.4, -0.2) is 64.4 Å². The molecule has 3 rings (SSSR count). The Morgan fingerprint density at radius 3 is 2.61 bits per heavy atom. The molecule has 8 nitrogen and oxygen atoms in total. The number of hydrogen-bond donors (Lipinski definition) is 1. The lowest BCUT2D eigenvalue weighted by Gasteiger charge is -2.39. The Morgan fingerprint density at radius 1 is 1.32 bits per heavy atom. The summed E-state index contributed by atoms with van der Waals surface area (Å²) in [5.41, 5.74) is 1.02. The summed E-state index contributed by atoms with van der Waals surface area (Å²) in [6.07, 6.45) is 5.44. The third-order valence-corrected chi connectivity index (χ3v) is 7.42. The lowest BCUT2D eigenvalue weighted by Crippen LogP contribution is -2.57. The van der Waals surface area contributed by atoms with Gasteiger partial charge in [0.1, 0.15) is 11.6 Å². The molecule has 0 atom stereocenters. The Kier molecular flexibility index (Phi) is 7.07. The number of sulfone groups is 1. The summed E-state index contributed by atoms with van der Waals surface area (Å²) in [6, 6.07) is 3.96. The molecule has 3 heterocycles. The van der Waals surface area contributed by atoms with E-state index in [1.165, 1.54) is 0 Å². The highest BCUT2D eigenvalue weighted by molar-refractivity contribution is 14.0. The molecule has 1 aliphatic rings. The molecular weight excluding hydrogens is 491 g/mol. The summed E-state index contributed by atoms with van der Waals surface area (Å²) in [5.74, 6) is 2.55. The van der Waals surface area contributed by atoms with Crippen molar-refractivity contribution in [2.75, 3.05) is 25.9 Å². The Labute approximate surface area is 183 Å². The van der Waals surface area contributed by atoms with Crippen LogP contribution >= 0.6 is 24.0 Å². The second kappa shape index (κ2) is 8.76. The first kappa shape index (κ1) is 22.6. The highest BCUT2D eigenvalue weighted by atomic mass is 127. The maximum atomic E-state index is 12.2. The molecule has 1 fully saturated rings. The van der Waals surface area contributed by atoms with Crippen LogP contribution in [0.3, 0.4) is 0 Å². The Balaban J connectivity index is 0.00000280. The minimum absolute atomic E-state index is 0. The van der Waals surface area contributed by atoms with Gasteiger partial charge in [-0.3, -0.25) is 9.56 Å². The van der Waals surface area contributed by atoms with E-state index < -0.39 is 14.6 Å². The van der Waals surface area contributed by atoms with Gasteiger partial charge in [-0.15, -0.1) is 24.0 Å². The minimum atomic E-state index is -3.07. The maximum Gasteiger partial charge on any atom is 0.193 e. The summed E-state index contributed by atoms with van der Waals surface area (Å²) in [5, 5.41) is 3.31. The number of rotatable bonds is 3. The summed E-state index contributed by atoms with van der Waals surface area (Å²) >= 11 is 0. The van der Waals surface area contributed by atoms with Crippen LogP contribution < -0.4 is 5.32 Å². The number of nitrogens with zero attached hydrogens (tertiary/aromatic N) is 5. The average Bonchev–Trinajstić information content (AvgIpc) is 3.05. The molecule has 2 aromatic heterocycles.